The first-order chi connectivity index (χ1) is 14.0. The average Bonchev–Trinajstić information content (AvgIpc) is 3.01. The number of rotatable bonds is 8. The second-order valence-corrected chi connectivity index (χ2v) is 8.99. The lowest BCUT2D eigenvalue weighted by atomic mass is 10.2. The number of carbonyl (C=O) groups excluding carboxylic acids is 1. The summed E-state index contributed by atoms with van der Waals surface area (Å²) in [5, 5.41) is 0. The monoisotopic (exact) mass is 437 g/mol. The van der Waals surface area contributed by atoms with Crippen LogP contribution in [-0.4, -0.2) is 70.4 Å². The molecule has 8 heteroatoms. The van der Waals surface area contributed by atoms with Crippen molar-refractivity contribution < 1.29 is 13.9 Å². The van der Waals surface area contributed by atoms with Crippen LogP contribution in [0.15, 0.2) is 35.4 Å². The van der Waals surface area contributed by atoms with Gasteiger partial charge in [-0.05, 0) is 19.4 Å². The van der Waals surface area contributed by atoms with Crippen molar-refractivity contribution in [2.24, 2.45) is 0 Å². The molecular formula is C21H28FN3O2S2. The van der Waals surface area contributed by atoms with Gasteiger partial charge in [0.15, 0.2) is 0 Å². The Labute approximate surface area is 181 Å². The maximum atomic E-state index is 14.2. The highest BCUT2D eigenvalue weighted by molar-refractivity contribution is 8.26. The van der Waals surface area contributed by atoms with Crippen molar-refractivity contribution in [3.8, 4) is 0 Å². The quantitative estimate of drug-likeness (QED) is 0.458. The fraction of sp³-hybridized carbons (Fsp3) is 0.524. The van der Waals surface area contributed by atoms with Crippen LogP contribution in [0.5, 0.6) is 0 Å². The zero-order chi connectivity index (χ0) is 20.8. The molecule has 1 amide bonds. The molecule has 2 aliphatic rings. The maximum absolute atomic E-state index is 14.2. The smallest absolute Gasteiger partial charge is 0.267 e. The van der Waals surface area contributed by atoms with Crippen LogP contribution in [0.2, 0.25) is 0 Å². The molecular weight excluding hydrogens is 409 g/mol. The standard InChI is InChI=1S/C21H28FN3O2S2/c1-3-16(2)25-20(26)19(29-21(25)28)15-24(9-8-23-10-12-27-13-11-23)14-17-6-4-5-7-18(17)22/h4-7,15-16H,3,8-14H2,1-2H3/b19-15-. The number of thioether (sulfide) groups is 1. The van der Waals surface area contributed by atoms with Crippen molar-refractivity contribution in [1.82, 2.24) is 14.7 Å². The third kappa shape index (κ3) is 5.78. The zero-order valence-corrected chi connectivity index (χ0v) is 18.6. The van der Waals surface area contributed by atoms with Gasteiger partial charge in [-0.25, -0.2) is 4.39 Å². The van der Waals surface area contributed by atoms with E-state index in [9.17, 15) is 9.18 Å². The van der Waals surface area contributed by atoms with Gasteiger partial charge in [-0.2, -0.15) is 0 Å². The molecule has 1 aromatic carbocycles. The number of hydrogen-bond donors (Lipinski definition) is 0. The lowest BCUT2D eigenvalue weighted by Crippen LogP contribution is -2.40. The minimum Gasteiger partial charge on any atom is -0.379 e. The molecule has 2 aliphatic heterocycles. The van der Waals surface area contributed by atoms with Gasteiger partial charge in [-0.1, -0.05) is 49.1 Å². The normalized spacial score (nSPS) is 20.5. The van der Waals surface area contributed by atoms with Crippen molar-refractivity contribution in [2.45, 2.75) is 32.9 Å². The molecule has 1 unspecified atom stereocenters. The second-order valence-electron chi connectivity index (χ2n) is 7.31. The molecule has 5 nitrogen and oxygen atoms in total. The molecule has 2 heterocycles. The van der Waals surface area contributed by atoms with Crippen molar-refractivity contribution in [3.05, 3.63) is 46.8 Å². The summed E-state index contributed by atoms with van der Waals surface area (Å²) in [4.78, 5) is 19.5. The Kier molecular flexibility index (Phi) is 8.06. The van der Waals surface area contributed by atoms with E-state index in [4.69, 9.17) is 17.0 Å². The van der Waals surface area contributed by atoms with Gasteiger partial charge >= 0.3 is 0 Å². The molecule has 0 radical (unpaired) electrons. The van der Waals surface area contributed by atoms with Crippen LogP contribution in [-0.2, 0) is 16.1 Å². The fourth-order valence-electron chi connectivity index (χ4n) is 3.33. The molecule has 0 spiro atoms. The van der Waals surface area contributed by atoms with E-state index in [1.807, 2.05) is 31.0 Å². The number of halogens is 1. The first-order valence-electron chi connectivity index (χ1n) is 10.0. The molecule has 0 aliphatic carbocycles. The van der Waals surface area contributed by atoms with E-state index in [-0.39, 0.29) is 17.8 Å². The molecule has 0 saturated carbocycles. The minimum atomic E-state index is -0.232. The van der Waals surface area contributed by atoms with Crippen LogP contribution >= 0.6 is 24.0 Å². The largest absolute Gasteiger partial charge is 0.379 e. The van der Waals surface area contributed by atoms with Gasteiger partial charge in [-0.15, -0.1) is 0 Å². The van der Waals surface area contributed by atoms with Crippen molar-refractivity contribution in [1.29, 1.82) is 0 Å². The molecule has 2 fully saturated rings. The summed E-state index contributed by atoms with van der Waals surface area (Å²) in [6.45, 7) is 9.24. The van der Waals surface area contributed by atoms with E-state index >= 15 is 0 Å². The number of ether oxygens (including phenoxy) is 1. The third-order valence-electron chi connectivity index (χ3n) is 5.29. The topological polar surface area (TPSA) is 36.0 Å². The van der Waals surface area contributed by atoms with E-state index in [0.717, 1.165) is 39.3 Å². The summed E-state index contributed by atoms with van der Waals surface area (Å²) in [7, 11) is 0. The van der Waals surface area contributed by atoms with E-state index in [1.54, 1.807) is 17.0 Å². The molecule has 0 N–H and O–H groups in total. The Balaban J connectivity index is 1.76. The maximum Gasteiger partial charge on any atom is 0.267 e. The summed E-state index contributed by atoms with van der Waals surface area (Å²) in [5.41, 5.74) is 0.614. The summed E-state index contributed by atoms with van der Waals surface area (Å²) < 4.78 is 20.2. The predicted octanol–water partition coefficient (Wildman–Crippen LogP) is 3.46. The number of nitrogens with zero attached hydrogens (tertiary/aromatic N) is 3. The number of amides is 1. The van der Waals surface area contributed by atoms with Crippen LogP contribution in [0.3, 0.4) is 0 Å². The summed E-state index contributed by atoms with van der Waals surface area (Å²) >= 11 is 6.76. The first-order valence-corrected chi connectivity index (χ1v) is 11.3. The van der Waals surface area contributed by atoms with Crippen molar-refractivity contribution >= 4 is 34.2 Å². The third-order valence-corrected chi connectivity index (χ3v) is 6.61. The highest BCUT2D eigenvalue weighted by Gasteiger charge is 2.35. The molecule has 0 aromatic heterocycles. The molecule has 3 rings (SSSR count). The van der Waals surface area contributed by atoms with Crippen LogP contribution in [0.1, 0.15) is 25.8 Å². The van der Waals surface area contributed by atoms with Gasteiger partial charge in [0.2, 0.25) is 0 Å². The van der Waals surface area contributed by atoms with Gasteiger partial charge in [0.25, 0.3) is 5.91 Å². The van der Waals surface area contributed by atoms with Crippen LogP contribution in [0, 0.1) is 5.82 Å². The minimum absolute atomic E-state index is 0.0562. The number of hydrogen-bond acceptors (Lipinski definition) is 6. The first kappa shape index (κ1) is 22.2. The average molecular weight is 438 g/mol. The van der Waals surface area contributed by atoms with Gasteiger partial charge in [0.05, 0.1) is 18.1 Å². The van der Waals surface area contributed by atoms with Crippen LogP contribution in [0.4, 0.5) is 4.39 Å². The Hall–Kier alpha value is -1.48. The number of morpholine rings is 1. The van der Waals surface area contributed by atoms with Gasteiger partial charge in [-0.3, -0.25) is 14.6 Å². The highest BCUT2D eigenvalue weighted by atomic mass is 32.2. The summed E-state index contributed by atoms with van der Waals surface area (Å²) in [6.07, 6.45) is 2.70. The van der Waals surface area contributed by atoms with Crippen LogP contribution in [0.25, 0.3) is 0 Å². The predicted molar refractivity (Wildman–Crippen MR) is 119 cm³/mol. The van der Waals surface area contributed by atoms with Crippen LogP contribution < -0.4 is 0 Å². The Morgan fingerprint density at radius 3 is 2.76 bits per heavy atom. The van der Waals surface area contributed by atoms with E-state index in [1.165, 1.54) is 17.8 Å². The van der Waals surface area contributed by atoms with Crippen molar-refractivity contribution in [2.75, 3.05) is 39.4 Å². The lowest BCUT2D eigenvalue weighted by Gasteiger charge is -2.30. The molecule has 2 saturated heterocycles. The SMILES string of the molecule is CCC(C)N1C(=O)/C(=C/N(CCN2CCOCC2)Cc2ccccc2F)SC1=S. The molecule has 29 heavy (non-hydrogen) atoms. The highest BCUT2D eigenvalue weighted by Crippen LogP contribution is 2.33. The van der Waals surface area contributed by atoms with Gasteiger partial charge in [0.1, 0.15) is 10.1 Å². The molecule has 1 aromatic rings. The van der Waals surface area contributed by atoms with E-state index in [2.05, 4.69) is 4.90 Å². The summed E-state index contributed by atoms with van der Waals surface area (Å²) in [6, 6.07) is 6.85. The molecule has 158 valence electrons. The lowest BCUT2D eigenvalue weighted by molar-refractivity contribution is -0.123. The number of thiocarbonyl (C=S) groups is 1. The van der Waals surface area contributed by atoms with Gasteiger partial charge in [0, 0.05) is 50.5 Å². The molecule has 1 atom stereocenters. The molecule has 0 bridgehead atoms. The van der Waals surface area contributed by atoms with Gasteiger partial charge < -0.3 is 9.64 Å². The number of carbonyl (C=O) groups is 1. The fourth-order valence-corrected chi connectivity index (χ4v) is 4.80. The zero-order valence-electron chi connectivity index (χ0n) is 17.0. The Morgan fingerprint density at radius 1 is 1.34 bits per heavy atom. The number of benzene rings is 1. The van der Waals surface area contributed by atoms with E-state index in [0.29, 0.717) is 27.9 Å². The Bertz CT molecular complexity index is 768. The second kappa shape index (κ2) is 10.5. The summed E-state index contributed by atoms with van der Waals surface area (Å²) in [5.74, 6) is -0.288. The Morgan fingerprint density at radius 2 is 2.07 bits per heavy atom. The van der Waals surface area contributed by atoms with Crippen molar-refractivity contribution in [3.63, 3.8) is 0 Å². The van der Waals surface area contributed by atoms with E-state index < -0.39 is 0 Å².